The minimum Gasteiger partial charge on any atom is -0.261 e. The lowest BCUT2D eigenvalue weighted by Gasteiger charge is -2.30. The molecule has 0 aliphatic heterocycles. The summed E-state index contributed by atoms with van der Waals surface area (Å²) in [7, 11) is -3.31. The van der Waals surface area contributed by atoms with Gasteiger partial charge in [-0.1, -0.05) is 121 Å². The summed E-state index contributed by atoms with van der Waals surface area (Å²) in [6.07, 6.45) is 11.0. The fourth-order valence-electron chi connectivity index (χ4n) is 5.41. The highest BCUT2D eigenvalue weighted by molar-refractivity contribution is 7.18. The zero-order valence-corrected chi connectivity index (χ0v) is 24.2. The molecular formula is C36H26N6Si. The van der Waals surface area contributed by atoms with Gasteiger partial charge in [-0.05, 0) is 5.19 Å². The molecule has 204 valence electrons. The monoisotopic (exact) mass is 570 g/mol. The van der Waals surface area contributed by atoms with E-state index in [2.05, 4.69) is 24.3 Å². The van der Waals surface area contributed by atoms with Gasteiger partial charge in [-0.15, -0.1) is 0 Å². The average Bonchev–Trinajstić information content (AvgIpc) is 3.11. The van der Waals surface area contributed by atoms with Gasteiger partial charge in [-0.25, -0.2) is 0 Å². The lowest BCUT2D eigenvalue weighted by molar-refractivity contribution is 1.20. The Balaban J connectivity index is 1.56. The molecule has 0 unspecified atom stereocenters. The van der Waals surface area contributed by atoms with Crippen LogP contribution in [-0.4, -0.2) is 38.0 Å². The maximum absolute atomic E-state index is 5.31. The SMILES string of the molecule is c1ccc(-c2cncc([Si](c3ccccc3)(c3cncc(-c4ccccc4)n3)c3cncc(-c4ccccc4)n3)n2)cc1. The molecule has 0 spiro atoms. The molecule has 7 heteroatoms. The van der Waals surface area contributed by atoms with Crippen molar-refractivity contribution in [3.63, 3.8) is 0 Å². The van der Waals surface area contributed by atoms with Crippen LogP contribution in [0.3, 0.4) is 0 Å². The van der Waals surface area contributed by atoms with Crippen molar-refractivity contribution in [2.45, 2.75) is 0 Å². The summed E-state index contributed by atoms with van der Waals surface area (Å²) in [5.41, 5.74) is 5.31. The van der Waals surface area contributed by atoms with Gasteiger partial charge in [0.2, 0.25) is 8.07 Å². The summed E-state index contributed by atoms with van der Waals surface area (Å²) >= 11 is 0. The van der Waals surface area contributed by atoms with E-state index in [-0.39, 0.29) is 0 Å². The Bertz CT molecular complexity index is 1770. The summed E-state index contributed by atoms with van der Waals surface area (Å²) < 4.78 is 0. The Kier molecular flexibility index (Phi) is 7.13. The normalized spacial score (nSPS) is 11.3. The van der Waals surface area contributed by atoms with Crippen molar-refractivity contribution in [1.82, 2.24) is 29.9 Å². The van der Waals surface area contributed by atoms with Crippen molar-refractivity contribution in [2.24, 2.45) is 0 Å². The molecule has 6 nitrogen and oxygen atoms in total. The number of hydrogen-bond donors (Lipinski definition) is 0. The molecule has 0 saturated heterocycles. The molecule has 4 aromatic carbocycles. The highest BCUT2D eigenvalue weighted by Gasteiger charge is 2.47. The second kappa shape index (κ2) is 11.7. The Morgan fingerprint density at radius 2 is 0.628 bits per heavy atom. The van der Waals surface area contributed by atoms with Crippen LogP contribution in [0.5, 0.6) is 0 Å². The topological polar surface area (TPSA) is 77.3 Å². The molecule has 7 rings (SSSR count). The Morgan fingerprint density at radius 3 is 0.953 bits per heavy atom. The molecule has 0 aliphatic carbocycles. The van der Waals surface area contributed by atoms with Gasteiger partial charge in [0, 0.05) is 35.3 Å². The van der Waals surface area contributed by atoms with Gasteiger partial charge in [0.25, 0.3) is 0 Å². The maximum atomic E-state index is 5.31. The predicted octanol–water partition coefficient (Wildman–Crippen LogP) is 4.44. The number of rotatable bonds is 7. The lowest BCUT2D eigenvalue weighted by Crippen LogP contribution is -2.77. The van der Waals surface area contributed by atoms with Gasteiger partial charge in [0.15, 0.2) is 0 Å². The fourth-order valence-corrected chi connectivity index (χ4v) is 9.45. The average molecular weight is 571 g/mol. The molecule has 0 bridgehead atoms. The van der Waals surface area contributed by atoms with Gasteiger partial charge in [-0.3, -0.25) is 29.9 Å². The van der Waals surface area contributed by atoms with Crippen molar-refractivity contribution < 1.29 is 0 Å². The molecule has 0 radical (unpaired) electrons. The van der Waals surface area contributed by atoms with Gasteiger partial charge < -0.3 is 0 Å². The second-order valence-electron chi connectivity index (χ2n) is 10.1. The van der Waals surface area contributed by atoms with Gasteiger partial charge in [-0.2, -0.15) is 0 Å². The van der Waals surface area contributed by atoms with E-state index in [1.807, 2.05) is 116 Å². The quantitative estimate of drug-likeness (QED) is 0.264. The molecule has 3 aromatic heterocycles. The molecule has 7 aromatic rings. The van der Waals surface area contributed by atoms with Crippen LogP contribution < -0.4 is 21.1 Å². The number of benzene rings is 4. The minimum atomic E-state index is -3.31. The smallest absolute Gasteiger partial charge is 0.249 e. The molecule has 0 saturated carbocycles. The predicted molar refractivity (Wildman–Crippen MR) is 173 cm³/mol. The zero-order valence-electron chi connectivity index (χ0n) is 23.2. The molecule has 0 aliphatic rings. The lowest BCUT2D eigenvalue weighted by atomic mass is 10.2. The van der Waals surface area contributed by atoms with Crippen LogP contribution in [0.2, 0.25) is 0 Å². The number of nitrogens with zero attached hydrogens (tertiary/aromatic N) is 6. The van der Waals surface area contributed by atoms with Crippen molar-refractivity contribution in [2.75, 3.05) is 0 Å². The highest BCUT2D eigenvalue weighted by atomic mass is 28.3. The van der Waals surface area contributed by atoms with E-state index < -0.39 is 8.07 Å². The van der Waals surface area contributed by atoms with Gasteiger partial charge in [0.1, 0.15) is 0 Å². The zero-order chi connectivity index (χ0) is 28.9. The number of aromatic nitrogens is 6. The summed E-state index contributed by atoms with van der Waals surface area (Å²) in [6.45, 7) is 0. The standard InChI is InChI=1S/C36H26N6Si/c1-5-13-27(14-6-1)31-21-37-24-34(40-31)43(30-19-11-4-12-20-30,35-25-38-22-32(41-35)28-15-7-2-8-16-28)36-26-39-23-33(42-36)29-17-9-3-10-18-29/h1-26H. The molecule has 43 heavy (non-hydrogen) atoms. The first kappa shape index (κ1) is 26.2. The van der Waals surface area contributed by atoms with E-state index >= 15 is 0 Å². The largest absolute Gasteiger partial charge is 0.261 e. The molecule has 0 fully saturated rings. The fraction of sp³-hybridized carbons (Fsp3) is 0. The maximum Gasteiger partial charge on any atom is 0.249 e. The minimum absolute atomic E-state index is 0.783. The third kappa shape index (κ3) is 5.02. The molecular weight excluding hydrogens is 545 g/mol. The van der Waals surface area contributed by atoms with Crippen LogP contribution in [0.4, 0.5) is 0 Å². The van der Waals surface area contributed by atoms with Gasteiger partial charge in [0.05, 0.1) is 51.6 Å². The Morgan fingerprint density at radius 1 is 0.326 bits per heavy atom. The molecule has 3 heterocycles. The van der Waals surface area contributed by atoms with E-state index in [1.165, 1.54) is 0 Å². The summed E-state index contributed by atoms with van der Waals surface area (Å²) in [5, 5.41) is 3.48. The van der Waals surface area contributed by atoms with Crippen molar-refractivity contribution >= 4 is 29.2 Å². The van der Waals surface area contributed by atoms with Crippen molar-refractivity contribution in [3.8, 4) is 33.8 Å². The van der Waals surface area contributed by atoms with Crippen molar-refractivity contribution in [1.29, 1.82) is 0 Å². The highest BCUT2D eigenvalue weighted by Crippen LogP contribution is 2.19. The first-order valence-corrected chi connectivity index (χ1v) is 16.0. The van der Waals surface area contributed by atoms with E-state index in [0.717, 1.165) is 54.9 Å². The number of hydrogen-bond acceptors (Lipinski definition) is 6. The third-order valence-electron chi connectivity index (χ3n) is 7.47. The van der Waals surface area contributed by atoms with Crippen molar-refractivity contribution in [3.05, 3.63) is 159 Å². The summed E-state index contributed by atoms with van der Waals surface area (Å²) in [4.78, 5) is 30.2. The van der Waals surface area contributed by atoms with E-state index in [1.54, 1.807) is 18.6 Å². The summed E-state index contributed by atoms with van der Waals surface area (Å²) in [6, 6.07) is 40.7. The third-order valence-corrected chi connectivity index (χ3v) is 11.7. The molecule has 0 N–H and O–H groups in total. The van der Waals surface area contributed by atoms with Crippen LogP contribution in [0, 0.1) is 0 Å². The van der Waals surface area contributed by atoms with Gasteiger partial charge >= 0.3 is 0 Å². The summed E-state index contributed by atoms with van der Waals surface area (Å²) in [5.74, 6) is 0. The van der Waals surface area contributed by atoms with E-state index in [0.29, 0.717) is 0 Å². The first-order chi connectivity index (χ1) is 21.3. The Hall–Kier alpha value is -5.66. The van der Waals surface area contributed by atoms with E-state index in [4.69, 9.17) is 29.9 Å². The molecule has 0 amide bonds. The van der Waals surface area contributed by atoms with Crippen LogP contribution >= 0.6 is 0 Å². The van der Waals surface area contributed by atoms with Crippen LogP contribution in [0.15, 0.2) is 159 Å². The van der Waals surface area contributed by atoms with E-state index in [9.17, 15) is 0 Å². The van der Waals surface area contributed by atoms with Crippen LogP contribution in [-0.2, 0) is 0 Å². The first-order valence-electron chi connectivity index (χ1n) is 14.0. The Labute approximate surface area is 250 Å². The van der Waals surface area contributed by atoms with Crippen LogP contribution in [0.25, 0.3) is 33.8 Å². The van der Waals surface area contributed by atoms with Crippen LogP contribution in [0.1, 0.15) is 0 Å². The second-order valence-corrected chi connectivity index (χ2v) is 13.7. The molecule has 0 atom stereocenters.